The molecule has 16 heavy (non-hydrogen) atoms. The zero-order chi connectivity index (χ0) is 10.7. The van der Waals surface area contributed by atoms with Crippen LogP contribution in [0.15, 0.2) is 24.3 Å². The highest BCUT2D eigenvalue weighted by Crippen LogP contribution is 2.21. The largest absolute Gasteiger partial charge is 0.394 e. The fraction of sp³-hybridized carbons (Fsp3) is 0.500. The highest BCUT2D eigenvalue weighted by Gasteiger charge is 2.12. The Hall–Kier alpha value is -0.770. The first-order valence-electron chi connectivity index (χ1n) is 5.52. The molecule has 90 valence electrons. The molecule has 0 aliphatic carbocycles. The van der Waals surface area contributed by atoms with E-state index in [-0.39, 0.29) is 25.1 Å². The van der Waals surface area contributed by atoms with Gasteiger partial charge in [0.2, 0.25) is 0 Å². The molecule has 1 aliphatic heterocycles. The summed E-state index contributed by atoms with van der Waals surface area (Å²) in [5.74, 6) is 0. The molecule has 0 radical (unpaired) electrons. The Morgan fingerprint density at radius 1 is 1.19 bits per heavy atom. The molecule has 1 heterocycles. The molecule has 1 saturated heterocycles. The lowest BCUT2D eigenvalue weighted by Gasteiger charge is -2.18. The van der Waals surface area contributed by atoms with Gasteiger partial charge in [-0.25, -0.2) is 0 Å². The van der Waals surface area contributed by atoms with Crippen molar-refractivity contribution >= 4 is 18.1 Å². The molecule has 0 amide bonds. The van der Waals surface area contributed by atoms with E-state index in [1.54, 1.807) is 0 Å². The number of nitrogens with two attached hydrogens (primary N) is 1. The lowest BCUT2D eigenvalue weighted by molar-refractivity contribution is 0.268. The van der Waals surface area contributed by atoms with E-state index in [2.05, 4.69) is 17.0 Å². The Bertz CT molecular complexity index is 309. The summed E-state index contributed by atoms with van der Waals surface area (Å²) in [6, 6.07) is 7.95. The van der Waals surface area contributed by atoms with Crippen molar-refractivity contribution in [2.45, 2.75) is 18.9 Å². The maximum atomic E-state index is 8.93. The van der Waals surface area contributed by atoms with Gasteiger partial charge in [0.25, 0.3) is 0 Å². The number of anilines is 1. The van der Waals surface area contributed by atoms with Gasteiger partial charge in [0.1, 0.15) is 0 Å². The second-order valence-corrected chi connectivity index (χ2v) is 4.07. The number of aliphatic hydroxyl groups is 1. The van der Waals surface area contributed by atoms with E-state index in [1.165, 1.54) is 18.5 Å². The summed E-state index contributed by atoms with van der Waals surface area (Å²) in [5, 5.41) is 8.93. The van der Waals surface area contributed by atoms with E-state index in [0.29, 0.717) is 0 Å². The van der Waals surface area contributed by atoms with E-state index in [0.717, 1.165) is 18.7 Å². The summed E-state index contributed by atoms with van der Waals surface area (Å²) in [4.78, 5) is 2.38. The Labute approximate surface area is 103 Å². The predicted molar refractivity (Wildman–Crippen MR) is 69.2 cm³/mol. The van der Waals surface area contributed by atoms with Crippen LogP contribution in [0.4, 0.5) is 5.69 Å². The second-order valence-electron chi connectivity index (χ2n) is 4.07. The molecule has 0 bridgehead atoms. The van der Waals surface area contributed by atoms with Crippen LogP contribution < -0.4 is 10.6 Å². The minimum atomic E-state index is -0.252. The molecule has 1 aromatic carbocycles. The maximum Gasteiger partial charge on any atom is 0.0624 e. The Kier molecular flexibility index (Phi) is 5.06. The highest BCUT2D eigenvalue weighted by molar-refractivity contribution is 5.85. The number of halogens is 1. The van der Waals surface area contributed by atoms with Crippen molar-refractivity contribution in [3.8, 4) is 0 Å². The standard InChI is InChI=1S/C12H18N2O.ClH/c13-12(9-15)10-3-5-11(6-4-10)14-7-1-2-8-14;/h3-6,12,15H,1-2,7-9,13H2;1H/t12-;/m1./s1. The predicted octanol–water partition coefficient (Wildman–Crippen LogP) is 1.70. The molecule has 0 saturated carbocycles. The van der Waals surface area contributed by atoms with Gasteiger partial charge in [-0.1, -0.05) is 12.1 Å². The number of nitrogens with zero attached hydrogens (tertiary/aromatic N) is 1. The van der Waals surface area contributed by atoms with Crippen molar-refractivity contribution in [1.29, 1.82) is 0 Å². The van der Waals surface area contributed by atoms with Gasteiger partial charge in [-0.2, -0.15) is 0 Å². The van der Waals surface area contributed by atoms with E-state index in [1.807, 2.05) is 12.1 Å². The van der Waals surface area contributed by atoms with Crippen molar-refractivity contribution in [2.24, 2.45) is 5.73 Å². The summed E-state index contributed by atoms with van der Waals surface area (Å²) in [6.45, 7) is 2.32. The van der Waals surface area contributed by atoms with Gasteiger partial charge in [0.15, 0.2) is 0 Å². The van der Waals surface area contributed by atoms with Gasteiger partial charge >= 0.3 is 0 Å². The van der Waals surface area contributed by atoms with Crippen LogP contribution in [0.2, 0.25) is 0 Å². The lowest BCUT2D eigenvalue weighted by atomic mass is 10.1. The van der Waals surface area contributed by atoms with E-state index < -0.39 is 0 Å². The topological polar surface area (TPSA) is 49.5 Å². The van der Waals surface area contributed by atoms with Crippen LogP contribution in [0.3, 0.4) is 0 Å². The molecule has 1 fully saturated rings. The van der Waals surface area contributed by atoms with Crippen molar-refractivity contribution < 1.29 is 5.11 Å². The van der Waals surface area contributed by atoms with Crippen molar-refractivity contribution in [2.75, 3.05) is 24.6 Å². The third-order valence-corrected chi connectivity index (χ3v) is 2.99. The van der Waals surface area contributed by atoms with Crippen molar-refractivity contribution in [1.82, 2.24) is 0 Å². The molecule has 1 atom stereocenters. The van der Waals surface area contributed by atoms with Gasteiger partial charge in [0.05, 0.1) is 12.6 Å². The molecular formula is C12H19ClN2O. The summed E-state index contributed by atoms with van der Waals surface area (Å²) in [5.41, 5.74) is 8.00. The Balaban J connectivity index is 0.00000128. The van der Waals surface area contributed by atoms with Crippen molar-refractivity contribution in [3.05, 3.63) is 29.8 Å². The first-order valence-corrected chi connectivity index (χ1v) is 5.52. The van der Waals surface area contributed by atoms with Crippen LogP contribution in [0, 0.1) is 0 Å². The van der Waals surface area contributed by atoms with Crippen molar-refractivity contribution in [3.63, 3.8) is 0 Å². The molecule has 0 aromatic heterocycles. The van der Waals surface area contributed by atoms with Crippen LogP contribution in [0.1, 0.15) is 24.4 Å². The number of hydrogen-bond acceptors (Lipinski definition) is 3. The SMILES string of the molecule is Cl.N[C@H](CO)c1ccc(N2CCCC2)cc1. The first kappa shape index (κ1) is 13.3. The summed E-state index contributed by atoms with van der Waals surface area (Å²) in [6.07, 6.45) is 2.58. The molecule has 0 unspecified atom stereocenters. The van der Waals surface area contributed by atoms with E-state index >= 15 is 0 Å². The quantitative estimate of drug-likeness (QED) is 0.848. The molecule has 3 N–H and O–H groups in total. The third kappa shape index (κ3) is 2.88. The van der Waals surface area contributed by atoms with Gasteiger partial charge in [-0.15, -0.1) is 12.4 Å². The average molecular weight is 243 g/mol. The minimum absolute atomic E-state index is 0. The normalized spacial score (nSPS) is 17.0. The van der Waals surface area contributed by atoms with E-state index in [9.17, 15) is 0 Å². The Morgan fingerprint density at radius 2 is 1.75 bits per heavy atom. The molecule has 4 heteroatoms. The monoisotopic (exact) mass is 242 g/mol. The summed E-state index contributed by atoms with van der Waals surface area (Å²) in [7, 11) is 0. The van der Waals surface area contributed by atoms with Crippen LogP contribution in [-0.4, -0.2) is 24.8 Å². The minimum Gasteiger partial charge on any atom is -0.394 e. The molecule has 1 aromatic rings. The maximum absolute atomic E-state index is 8.93. The van der Waals surface area contributed by atoms with Gasteiger partial charge < -0.3 is 15.7 Å². The number of aliphatic hydroxyl groups excluding tert-OH is 1. The van der Waals surface area contributed by atoms with Crippen LogP contribution in [0.5, 0.6) is 0 Å². The first-order chi connectivity index (χ1) is 7.31. The zero-order valence-electron chi connectivity index (χ0n) is 9.30. The van der Waals surface area contributed by atoms with Gasteiger partial charge in [0, 0.05) is 18.8 Å². The van der Waals surface area contributed by atoms with Gasteiger partial charge in [-0.3, -0.25) is 0 Å². The molecule has 3 nitrogen and oxygen atoms in total. The molecule has 2 rings (SSSR count). The van der Waals surface area contributed by atoms with Crippen LogP contribution in [0.25, 0.3) is 0 Å². The highest BCUT2D eigenvalue weighted by atomic mass is 35.5. The van der Waals surface area contributed by atoms with Crippen LogP contribution in [-0.2, 0) is 0 Å². The molecular weight excluding hydrogens is 224 g/mol. The van der Waals surface area contributed by atoms with Crippen LogP contribution >= 0.6 is 12.4 Å². The summed E-state index contributed by atoms with van der Waals surface area (Å²) >= 11 is 0. The second kappa shape index (κ2) is 6.09. The molecule has 1 aliphatic rings. The van der Waals surface area contributed by atoms with Gasteiger partial charge in [-0.05, 0) is 30.5 Å². The third-order valence-electron chi connectivity index (χ3n) is 2.99. The Morgan fingerprint density at radius 3 is 2.25 bits per heavy atom. The number of hydrogen-bond donors (Lipinski definition) is 2. The molecule has 0 spiro atoms. The number of benzene rings is 1. The zero-order valence-corrected chi connectivity index (χ0v) is 10.1. The summed E-state index contributed by atoms with van der Waals surface area (Å²) < 4.78 is 0. The lowest BCUT2D eigenvalue weighted by Crippen LogP contribution is -2.18. The average Bonchev–Trinajstić information content (AvgIpc) is 2.82. The fourth-order valence-corrected chi connectivity index (χ4v) is 2.01. The smallest absolute Gasteiger partial charge is 0.0624 e. The fourth-order valence-electron chi connectivity index (χ4n) is 2.01. The van der Waals surface area contributed by atoms with E-state index in [4.69, 9.17) is 10.8 Å². The number of rotatable bonds is 3.